The number of nitrogens with two attached hydrogens (primary N) is 1. The molecule has 26 heavy (non-hydrogen) atoms. The Hall–Kier alpha value is -1.85. The minimum atomic E-state index is -0.202. The third-order valence-electron chi connectivity index (χ3n) is 7.12. The molecule has 2 N–H and O–H groups in total. The molecular formula is C20H29N5O. The Labute approximate surface area is 155 Å². The van der Waals surface area contributed by atoms with Crippen molar-refractivity contribution in [1.29, 1.82) is 0 Å². The predicted octanol–water partition coefficient (Wildman–Crippen LogP) is 2.31. The molecule has 3 heterocycles. The van der Waals surface area contributed by atoms with Crippen LogP contribution in [0.2, 0.25) is 0 Å². The first-order valence-electron chi connectivity index (χ1n) is 10.4. The number of carbonyl (C=O) groups excluding carboxylic acids is 1. The van der Waals surface area contributed by atoms with E-state index in [1.165, 1.54) is 31.2 Å². The first-order chi connectivity index (χ1) is 12.7. The molecule has 0 bridgehead atoms. The maximum absolute atomic E-state index is 13.5. The van der Waals surface area contributed by atoms with Gasteiger partial charge >= 0.3 is 0 Å². The molecule has 6 heteroatoms. The van der Waals surface area contributed by atoms with Crippen LogP contribution in [0.4, 0.5) is 11.8 Å². The monoisotopic (exact) mass is 355 g/mol. The summed E-state index contributed by atoms with van der Waals surface area (Å²) < 4.78 is 0. The van der Waals surface area contributed by atoms with Crippen molar-refractivity contribution in [2.75, 3.05) is 30.3 Å². The number of hydrogen-bond acceptors (Lipinski definition) is 5. The predicted molar refractivity (Wildman–Crippen MR) is 101 cm³/mol. The molecule has 0 aromatic carbocycles. The van der Waals surface area contributed by atoms with E-state index in [0.717, 1.165) is 69.7 Å². The molecule has 140 valence electrons. The first-order valence-corrected chi connectivity index (χ1v) is 10.4. The van der Waals surface area contributed by atoms with E-state index in [4.69, 9.17) is 5.73 Å². The van der Waals surface area contributed by atoms with Crippen molar-refractivity contribution in [3.05, 3.63) is 11.3 Å². The van der Waals surface area contributed by atoms with Gasteiger partial charge in [0.25, 0.3) is 0 Å². The Morgan fingerprint density at radius 2 is 1.85 bits per heavy atom. The average Bonchev–Trinajstić information content (AvgIpc) is 3.37. The van der Waals surface area contributed by atoms with Crippen molar-refractivity contribution < 1.29 is 4.79 Å². The molecule has 1 atom stereocenters. The van der Waals surface area contributed by atoms with E-state index >= 15 is 0 Å². The largest absolute Gasteiger partial charge is 0.368 e. The third kappa shape index (κ3) is 2.48. The SMILES string of the molecule is Nc1nc2c(c(N3CC[C@@]4(CCCN(C5CCCC5)C4=O)C3)n1)CCC2. The molecule has 2 aliphatic heterocycles. The molecule has 2 saturated heterocycles. The van der Waals surface area contributed by atoms with Crippen molar-refractivity contribution in [2.45, 2.75) is 70.3 Å². The van der Waals surface area contributed by atoms with Gasteiger partial charge in [-0.25, -0.2) is 4.98 Å². The number of amides is 1. The molecule has 6 nitrogen and oxygen atoms in total. The number of rotatable bonds is 2. The van der Waals surface area contributed by atoms with Crippen molar-refractivity contribution >= 4 is 17.7 Å². The van der Waals surface area contributed by atoms with E-state index in [2.05, 4.69) is 19.8 Å². The number of aryl methyl sites for hydroxylation is 1. The molecule has 4 aliphatic rings. The molecule has 1 aromatic heterocycles. The zero-order chi connectivity index (χ0) is 17.7. The minimum Gasteiger partial charge on any atom is -0.368 e. The normalized spacial score (nSPS) is 29.2. The fourth-order valence-electron chi connectivity index (χ4n) is 5.79. The molecular weight excluding hydrogens is 326 g/mol. The van der Waals surface area contributed by atoms with Gasteiger partial charge in [-0.1, -0.05) is 12.8 Å². The van der Waals surface area contributed by atoms with E-state index in [1.54, 1.807) is 0 Å². The van der Waals surface area contributed by atoms with E-state index in [9.17, 15) is 4.79 Å². The van der Waals surface area contributed by atoms with Gasteiger partial charge in [0.2, 0.25) is 11.9 Å². The number of likely N-dealkylation sites (tertiary alicyclic amines) is 1. The van der Waals surface area contributed by atoms with Crippen LogP contribution in [0, 0.1) is 5.41 Å². The van der Waals surface area contributed by atoms with Gasteiger partial charge in [0, 0.05) is 31.2 Å². The number of nitrogen functional groups attached to an aromatic ring is 1. The summed E-state index contributed by atoms with van der Waals surface area (Å²) in [7, 11) is 0. The second kappa shape index (κ2) is 6.10. The topological polar surface area (TPSA) is 75.3 Å². The summed E-state index contributed by atoms with van der Waals surface area (Å²) in [4.78, 5) is 27.1. The van der Waals surface area contributed by atoms with Crippen molar-refractivity contribution in [3.8, 4) is 0 Å². The van der Waals surface area contributed by atoms with Gasteiger partial charge < -0.3 is 15.5 Å². The lowest BCUT2D eigenvalue weighted by molar-refractivity contribution is -0.147. The molecule has 1 aromatic rings. The molecule has 5 rings (SSSR count). The van der Waals surface area contributed by atoms with Gasteiger partial charge in [0.15, 0.2) is 0 Å². The zero-order valence-corrected chi connectivity index (χ0v) is 15.5. The van der Waals surface area contributed by atoms with E-state index in [1.807, 2.05) is 0 Å². The van der Waals surface area contributed by atoms with Gasteiger partial charge in [0.05, 0.1) is 11.1 Å². The quantitative estimate of drug-likeness (QED) is 0.881. The molecule has 1 amide bonds. The fraction of sp³-hybridized carbons (Fsp3) is 0.750. The van der Waals surface area contributed by atoms with Crippen molar-refractivity contribution in [3.63, 3.8) is 0 Å². The van der Waals surface area contributed by atoms with Gasteiger partial charge in [-0.3, -0.25) is 4.79 Å². The highest BCUT2D eigenvalue weighted by Crippen LogP contribution is 2.44. The van der Waals surface area contributed by atoms with Crippen LogP contribution in [0.15, 0.2) is 0 Å². The van der Waals surface area contributed by atoms with E-state index in [0.29, 0.717) is 17.9 Å². The van der Waals surface area contributed by atoms with Crippen LogP contribution in [0.25, 0.3) is 0 Å². The summed E-state index contributed by atoms with van der Waals surface area (Å²) in [6.45, 7) is 2.67. The number of hydrogen-bond donors (Lipinski definition) is 1. The fourth-order valence-corrected chi connectivity index (χ4v) is 5.79. The number of fused-ring (bicyclic) bond motifs is 1. The number of carbonyl (C=O) groups is 1. The maximum Gasteiger partial charge on any atom is 0.230 e. The standard InChI is InChI=1S/C20H29N5O/c21-19-22-16-8-3-7-15(16)17(23-19)24-12-10-20(13-24)9-4-11-25(18(20)26)14-5-1-2-6-14/h14H,1-13H2,(H2,21,22,23)/t20-/m0/s1. The van der Waals surface area contributed by atoms with Gasteiger partial charge in [-0.15, -0.1) is 0 Å². The van der Waals surface area contributed by atoms with Crippen LogP contribution in [0.3, 0.4) is 0 Å². The minimum absolute atomic E-state index is 0.202. The lowest BCUT2D eigenvalue weighted by Gasteiger charge is -2.42. The lowest BCUT2D eigenvalue weighted by Crippen LogP contribution is -2.53. The van der Waals surface area contributed by atoms with Crippen LogP contribution in [-0.4, -0.2) is 46.5 Å². The molecule has 1 saturated carbocycles. The summed E-state index contributed by atoms with van der Waals surface area (Å²) in [5.41, 5.74) is 8.17. The number of anilines is 2. The Balaban J connectivity index is 1.41. The summed E-state index contributed by atoms with van der Waals surface area (Å²) in [5.74, 6) is 1.80. The smallest absolute Gasteiger partial charge is 0.230 e. The Kier molecular flexibility index (Phi) is 3.83. The van der Waals surface area contributed by atoms with Gasteiger partial charge in [-0.2, -0.15) is 4.98 Å². The molecule has 0 radical (unpaired) electrons. The van der Waals surface area contributed by atoms with Crippen molar-refractivity contribution in [2.24, 2.45) is 5.41 Å². The third-order valence-corrected chi connectivity index (χ3v) is 7.12. The molecule has 0 unspecified atom stereocenters. The van der Waals surface area contributed by atoms with Crippen molar-refractivity contribution in [1.82, 2.24) is 14.9 Å². The first kappa shape index (κ1) is 16.3. The summed E-state index contributed by atoms with van der Waals surface area (Å²) in [6, 6.07) is 0.493. The maximum atomic E-state index is 13.5. The van der Waals surface area contributed by atoms with Crippen LogP contribution < -0.4 is 10.6 Å². The number of piperidine rings is 1. The Morgan fingerprint density at radius 1 is 1.00 bits per heavy atom. The zero-order valence-electron chi connectivity index (χ0n) is 15.5. The van der Waals surface area contributed by atoms with Crippen LogP contribution in [0.1, 0.15) is 62.6 Å². The van der Waals surface area contributed by atoms with E-state index in [-0.39, 0.29) is 5.41 Å². The average molecular weight is 355 g/mol. The molecule has 2 aliphatic carbocycles. The van der Waals surface area contributed by atoms with Crippen LogP contribution >= 0.6 is 0 Å². The van der Waals surface area contributed by atoms with E-state index < -0.39 is 0 Å². The highest BCUT2D eigenvalue weighted by atomic mass is 16.2. The van der Waals surface area contributed by atoms with Gasteiger partial charge in [-0.05, 0) is 51.4 Å². The van der Waals surface area contributed by atoms with Crippen LogP contribution in [-0.2, 0) is 17.6 Å². The van der Waals surface area contributed by atoms with Crippen LogP contribution in [0.5, 0.6) is 0 Å². The second-order valence-electron chi connectivity index (χ2n) is 8.68. The summed E-state index contributed by atoms with van der Waals surface area (Å²) in [5, 5.41) is 0. The Bertz CT molecular complexity index is 729. The lowest BCUT2D eigenvalue weighted by atomic mass is 9.77. The van der Waals surface area contributed by atoms with Gasteiger partial charge in [0.1, 0.15) is 5.82 Å². The highest BCUT2D eigenvalue weighted by molar-refractivity contribution is 5.85. The summed E-state index contributed by atoms with van der Waals surface area (Å²) in [6.07, 6.45) is 11.2. The number of nitrogens with zero attached hydrogens (tertiary/aromatic N) is 4. The number of aromatic nitrogens is 2. The highest BCUT2D eigenvalue weighted by Gasteiger charge is 2.50. The second-order valence-corrected chi connectivity index (χ2v) is 8.68. The Morgan fingerprint density at radius 3 is 2.69 bits per heavy atom. The summed E-state index contributed by atoms with van der Waals surface area (Å²) >= 11 is 0. The molecule has 1 spiro atoms. The molecule has 3 fully saturated rings.